The summed E-state index contributed by atoms with van der Waals surface area (Å²) in [6.45, 7) is 5.65. The number of carbonyl (C=O) groups is 2. The third-order valence-corrected chi connectivity index (χ3v) is 6.69. The van der Waals surface area contributed by atoms with E-state index >= 15 is 0 Å². The van der Waals surface area contributed by atoms with Gasteiger partial charge in [0.1, 0.15) is 0 Å². The number of hydrogen-bond donors (Lipinski definition) is 0. The van der Waals surface area contributed by atoms with Crippen molar-refractivity contribution in [2.75, 3.05) is 13.2 Å². The van der Waals surface area contributed by atoms with Gasteiger partial charge in [-0.25, -0.2) is 0 Å². The fourth-order valence-corrected chi connectivity index (χ4v) is 4.29. The molecule has 0 bridgehead atoms. The zero-order chi connectivity index (χ0) is 26.4. The van der Waals surface area contributed by atoms with Crippen molar-refractivity contribution in [3.05, 3.63) is 12.2 Å². The highest BCUT2D eigenvalue weighted by atomic mass is 16.5. The molecule has 0 unspecified atom stereocenters. The average Bonchev–Trinajstić information content (AvgIpc) is 2.87. The van der Waals surface area contributed by atoms with E-state index in [1.165, 1.54) is 83.5 Å². The zero-order valence-corrected chi connectivity index (χ0v) is 24.2. The summed E-state index contributed by atoms with van der Waals surface area (Å²) in [7, 11) is 0. The van der Waals surface area contributed by atoms with Gasteiger partial charge >= 0.3 is 11.9 Å². The summed E-state index contributed by atoms with van der Waals surface area (Å²) in [6.07, 6.45) is 31.6. The second-order valence-electron chi connectivity index (χ2n) is 10.4. The molecule has 212 valence electrons. The molecule has 36 heavy (non-hydrogen) atoms. The summed E-state index contributed by atoms with van der Waals surface area (Å²) in [6, 6.07) is 0. The minimum atomic E-state index is -0.0239. The van der Waals surface area contributed by atoms with Gasteiger partial charge in [0.25, 0.3) is 0 Å². The van der Waals surface area contributed by atoms with Gasteiger partial charge < -0.3 is 9.47 Å². The lowest BCUT2D eigenvalue weighted by Crippen LogP contribution is -2.05. The van der Waals surface area contributed by atoms with Crippen molar-refractivity contribution in [2.45, 2.75) is 168 Å². The predicted molar refractivity (Wildman–Crippen MR) is 153 cm³/mol. The molecule has 0 spiro atoms. The smallest absolute Gasteiger partial charge is 0.305 e. The Morgan fingerprint density at radius 2 is 0.778 bits per heavy atom. The molecule has 0 rings (SSSR count). The standard InChI is InChI=1S/C32H60O4/c1-3-5-7-9-21-25-29-35-31(33)27-23-19-17-15-13-11-12-14-16-18-20-24-28-32(34)36-30-26-22-10-8-6-4-2/h11,13H,3-10,12,14-30H2,1-2H3/b13-11+. The van der Waals surface area contributed by atoms with E-state index in [-0.39, 0.29) is 11.9 Å². The summed E-state index contributed by atoms with van der Waals surface area (Å²) in [5.74, 6) is -0.0410. The number of allylic oxidation sites excluding steroid dienone is 2. The van der Waals surface area contributed by atoms with E-state index in [9.17, 15) is 9.59 Å². The fourth-order valence-electron chi connectivity index (χ4n) is 4.29. The molecule has 0 aliphatic heterocycles. The summed E-state index contributed by atoms with van der Waals surface area (Å²) in [5, 5.41) is 0. The van der Waals surface area contributed by atoms with Crippen LogP contribution < -0.4 is 0 Å². The van der Waals surface area contributed by atoms with Gasteiger partial charge in [-0.15, -0.1) is 0 Å². The molecule has 0 heterocycles. The number of hydrogen-bond acceptors (Lipinski definition) is 4. The summed E-state index contributed by atoms with van der Waals surface area (Å²) in [4.78, 5) is 23.5. The zero-order valence-electron chi connectivity index (χ0n) is 24.2. The van der Waals surface area contributed by atoms with Gasteiger partial charge in [-0.2, -0.15) is 0 Å². The molecule has 0 aliphatic carbocycles. The number of rotatable bonds is 28. The Balaban J connectivity index is 3.28. The molecule has 0 saturated carbocycles. The van der Waals surface area contributed by atoms with E-state index in [0.29, 0.717) is 26.1 Å². The van der Waals surface area contributed by atoms with Crippen molar-refractivity contribution in [3.63, 3.8) is 0 Å². The minimum absolute atomic E-state index is 0.0171. The first-order valence-corrected chi connectivity index (χ1v) is 15.7. The van der Waals surface area contributed by atoms with Crippen LogP contribution in [0.15, 0.2) is 12.2 Å². The maximum Gasteiger partial charge on any atom is 0.305 e. The lowest BCUT2D eigenvalue weighted by molar-refractivity contribution is -0.144. The Labute approximate surface area is 224 Å². The monoisotopic (exact) mass is 508 g/mol. The quantitative estimate of drug-likeness (QED) is 0.0599. The number of ether oxygens (including phenoxy) is 2. The number of esters is 2. The van der Waals surface area contributed by atoms with Crippen LogP contribution in [0.4, 0.5) is 0 Å². The van der Waals surface area contributed by atoms with Crippen LogP contribution in [0.1, 0.15) is 168 Å². The van der Waals surface area contributed by atoms with Crippen molar-refractivity contribution in [1.82, 2.24) is 0 Å². The third-order valence-electron chi connectivity index (χ3n) is 6.69. The first kappa shape index (κ1) is 34.7. The molecule has 0 aromatic rings. The van der Waals surface area contributed by atoms with E-state index in [1.54, 1.807) is 0 Å². The molecule has 0 aromatic heterocycles. The normalized spacial score (nSPS) is 11.3. The van der Waals surface area contributed by atoms with Crippen LogP contribution in [0.2, 0.25) is 0 Å². The summed E-state index contributed by atoms with van der Waals surface area (Å²) in [5.41, 5.74) is 0. The van der Waals surface area contributed by atoms with Gasteiger partial charge in [0.15, 0.2) is 0 Å². The molecular weight excluding hydrogens is 448 g/mol. The van der Waals surface area contributed by atoms with E-state index in [4.69, 9.17) is 9.47 Å². The fraction of sp³-hybridized carbons (Fsp3) is 0.875. The summed E-state index contributed by atoms with van der Waals surface area (Å²) >= 11 is 0. The molecule has 0 aliphatic rings. The molecule has 0 amide bonds. The number of carbonyl (C=O) groups excluding carboxylic acids is 2. The first-order valence-electron chi connectivity index (χ1n) is 15.7. The van der Waals surface area contributed by atoms with Gasteiger partial charge in [0, 0.05) is 12.8 Å². The molecule has 0 aromatic carbocycles. The molecule has 0 N–H and O–H groups in total. The van der Waals surface area contributed by atoms with Gasteiger partial charge in [-0.05, 0) is 51.4 Å². The summed E-state index contributed by atoms with van der Waals surface area (Å²) < 4.78 is 10.7. The molecule has 0 fully saturated rings. The highest BCUT2D eigenvalue weighted by molar-refractivity contribution is 5.69. The van der Waals surface area contributed by atoms with Crippen molar-refractivity contribution in [3.8, 4) is 0 Å². The minimum Gasteiger partial charge on any atom is -0.466 e. The van der Waals surface area contributed by atoms with Crippen LogP contribution in [-0.4, -0.2) is 25.2 Å². The van der Waals surface area contributed by atoms with Gasteiger partial charge in [0.05, 0.1) is 13.2 Å². The maximum atomic E-state index is 11.7. The van der Waals surface area contributed by atoms with Crippen LogP contribution in [-0.2, 0) is 19.1 Å². The van der Waals surface area contributed by atoms with Gasteiger partial charge in [0.2, 0.25) is 0 Å². The van der Waals surface area contributed by atoms with Crippen LogP contribution >= 0.6 is 0 Å². The molecule has 0 radical (unpaired) electrons. The molecule has 0 atom stereocenters. The van der Waals surface area contributed by atoms with E-state index in [2.05, 4.69) is 26.0 Å². The van der Waals surface area contributed by atoms with Crippen LogP contribution in [0.3, 0.4) is 0 Å². The van der Waals surface area contributed by atoms with Crippen molar-refractivity contribution < 1.29 is 19.1 Å². The van der Waals surface area contributed by atoms with Crippen LogP contribution in [0.25, 0.3) is 0 Å². The topological polar surface area (TPSA) is 52.6 Å². The van der Waals surface area contributed by atoms with Crippen molar-refractivity contribution in [1.29, 1.82) is 0 Å². The highest BCUT2D eigenvalue weighted by Gasteiger charge is 2.03. The predicted octanol–water partition coefficient (Wildman–Crippen LogP) is 10.0. The van der Waals surface area contributed by atoms with Gasteiger partial charge in [-0.3, -0.25) is 9.59 Å². The Bertz CT molecular complexity index is 500. The Kier molecular flexibility index (Phi) is 28.8. The first-order chi connectivity index (χ1) is 17.7. The third kappa shape index (κ3) is 28.9. The maximum absolute atomic E-state index is 11.7. The lowest BCUT2D eigenvalue weighted by Gasteiger charge is -2.05. The van der Waals surface area contributed by atoms with E-state index in [1.807, 2.05) is 0 Å². The highest BCUT2D eigenvalue weighted by Crippen LogP contribution is 2.11. The molecule has 4 heteroatoms. The Hall–Kier alpha value is -1.32. The second kappa shape index (κ2) is 29.9. The van der Waals surface area contributed by atoms with E-state index < -0.39 is 0 Å². The van der Waals surface area contributed by atoms with Crippen LogP contribution in [0, 0.1) is 0 Å². The molecule has 0 saturated heterocycles. The molecular formula is C32H60O4. The number of unbranched alkanes of at least 4 members (excludes halogenated alkanes) is 18. The molecule has 4 nitrogen and oxygen atoms in total. The Morgan fingerprint density at radius 3 is 1.22 bits per heavy atom. The average molecular weight is 509 g/mol. The lowest BCUT2D eigenvalue weighted by atomic mass is 10.1. The van der Waals surface area contributed by atoms with Crippen molar-refractivity contribution >= 4 is 11.9 Å². The second-order valence-corrected chi connectivity index (χ2v) is 10.4. The van der Waals surface area contributed by atoms with Crippen LogP contribution in [0.5, 0.6) is 0 Å². The Morgan fingerprint density at radius 1 is 0.444 bits per heavy atom. The van der Waals surface area contributed by atoms with Gasteiger partial charge in [-0.1, -0.05) is 116 Å². The van der Waals surface area contributed by atoms with E-state index in [0.717, 1.165) is 57.8 Å². The largest absolute Gasteiger partial charge is 0.466 e. The van der Waals surface area contributed by atoms with Crippen molar-refractivity contribution in [2.24, 2.45) is 0 Å². The SMILES string of the molecule is CCCCCCCCOC(=O)CCCCC/C=C/CCCCCCCC(=O)OCCCCCCCC.